The van der Waals surface area contributed by atoms with Gasteiger partial charge in [-0.1, -0.05) is 17.9 Å². The van der Waals surface area contributed by atoms with Gasteiger partial charge in [0.1, 0.15) is 11.2 Å². The van der Waals surface area contributed by atoms with Crippen LogP contribution in [0.4, 0.5) is 26.1 Å². The number of halogens is 2. The standard InChI is InChI=1S/C36H34F2N8O4/c1-22(2)46-32-28(19-41-36(43-32)42-25-7-9-26(10-8-25)44-13-15-50-16-14-44)23(3)27(35(46)49)5-4-12-40-33(47)29-18-39-21-45(34(29)48)20-24-6-11-30(37)31(38)17-24/h6-11,17-19,21-22H,12-16,20H2,1-3H3,(H,40,47)(H,41,42,43). The number of hydrogen-bond donors (Lipinski definition) is 2. The summed E-state index contributed by atoms with van der Waals surface area (Å²) >= 11 is 0. The molecule has 5 aromatic rings. The largest absolute Gasteiger partial charge is 0.378 e. The number of aryl methyl sites for hydroxylation is 1. The fourth-order valence-corrected chi connectivity index (χ4v) is 5.63. The summed E-state index contributed by atoms with van der Waals surface area (Å²) in [6.07, 6.45) is 3.97. The Morgan fingerprint density at radius 3 is 2.50 bits per heavy atom. The number of pyridine rings is 1. The number of morpholine rings is 1. The van der Waals surface area contributed by atoms with E-state index in [4.69, 9.17) is 9.72 Å². The molecule has 0 radical (unpaired) electrons. The third kappa shape index (κ3) is 7.23. The van der Waals surface area contributed by atoms with E-state index in [1.807, 2.05) is 38.1 Å². The smallest absolute Gasteiger partial charge is 0.268 e. The van der Waals surface area contributed by atoms with Gasteiger partial charge in [0.05, 0.1) is 38.2 Å². The van der Waals surface area contributed by atoms with Crippen LogP contribution in [0.25, 0.3) is 11.0 Å². The van der Waals surface area contributed by atoms with Crippen LogP contribution >= 0.6 is 0 Å². The van der Waals surface area contributed by atoms with Crippen LogP contribution < -0.4 is 26.7 Å². The fraction of sp³-hybridized carbons (Fsp3) is 0.278. The van der Waals surface area contributed by atoms with Gasteiger partial charge in [-0.25, -0.2) is 18.7 Å². The maximum atomic E-state index is 13.7. The summed E-state index contributed by atoms with van der Waals surface area (Å²) in [7, 11) is 0. The predicted molar refractivity (Wildman–Crippen MR) is 185 cm³/mol. The molecule has 4 heterocycles. The number of nitrogens with one attached hydrogen (secondary N) is 2. The highest BCUT2D eigenvalue weighted by molar-refractivity contribution is 5.93. The SMILES string of the molecule is Cc1c(C#CCNC(=O)c2cncn(Cc3ccc(F)c(F)c3)c2=O)c(=O)n(C(C)C)c2nc(Nc3ccc(N4CCOCC4)cc3)ncc12. The molecule has 0 bridgehead atoms. The molecule has 14 heteroatoms. The Kier molecular flexibility index (Phi) is 9.96. The second-order valence-corrected chi connectivity index (χ2v) is 11.9. The highest BCUT2D eigenvalue weighted by atomic mass is 19.2. The first-order chi connectivity index (χ1) is 24.1. The summed E-state index contributed by atoms with van der Waals surface area (Å²) in [5.74, 6) is 3.25. The molecule has 256 valence electrons. The second kappa shape index (κ2) is 14.7. The minimum Gasteiger partial charge on any atom is -0.378 e. The van der Waals surface area contributed by atoms with E-state index in [0.717, 1.165) is 47.4 Å². The van der Waals surface area contributed by atoms with Crippen molar-refractivity contribution in [1.82, 2.24) is 29.4 Å². The summed E-state index contributed by atoms with van der Waals surface area (Å²) in [5.41, 5.74) is 2.25. The Labute approximate surface area is 285 Å². The molecule has 1 aliphatic rings. The number of aromatic nitrogens is 5. The van der Waals surface area contributed by atoms with Gasteiger partial charge in [-0.05, 0) is 68.3 Å². The van der Waals surface area contributed by atoms with Gasteiger partial charge in [-0.2, -0.15) is 4.98 Å². The molecule has 50 heavy (non-hydrogen) atoms. The first-order valence-electron chi connectivity index (χ1n) is 16.0. The first-order valence-corrected chi connectivity index (χ1v) is 16.0. The Hall–Kier alpha value is -5.94. The Morgan fingerprint density at radius 1 is 1.02 bits per heavy atom. The average molecular weight is 681 g/mol. The third-order valence-corrected chi connectivity index (χ3v) is 8.26. The Morgan fingerprint density at radius 2 is 1.78 bits per heavy atom. The normalized spacial score (nSPS) is 12.9. The number of carbonyl (C=O) groups excluding carboxylic acids is 1. The summed E-state index contributed by atoms with van der Waals surface area (Å²) in [6.45, 7) is 8.32. The van der Waals surface area contributed by atoms with Gasteiger partial charge in [-0.15, -0.1) is 0 Å². The number of anilines is 3. The third-order valence-electron chi connectivity index (χ3n) is 8.26. The molecule has 1 amide bonds. The van der Waals surface area contributed by atoms with E-state index in [2.05, 4.69) is 37.3 Å². The van der Waals surface area contributed by atoms with E-state index in [1.165, 1.54) is 12.4 Å². The summed E-state index contributed by atoms with van der Waals surface area (Å²) in [4.78, 5) is 54.9. The van der Waals surface area contributed by atoms with Gasteiger partial charge in [0.15, 0.2) is 11.6 Å². The second-order valence-electron chi connectivity index (χ2n) is 11.9. The molecule has 2 N–H and O–H groups in total. The van der Waals surface area contributed by atoms with E-state index < -0.39 is 23.1 Å². The van der Waals surface area contributed by atoms with Crippen molar-refractivity contribution in [2.45, 2.75) is 33.4 Å². The zero-order chi connectivity index (χ0) is 35.4. The zero-order valence-electron chi connectivity index (χ0n) is 27.7. The molecule has 1 saturated heterocycles. The van der Waals surface area contributed by atoms with Crippen LogP contribution in [0.3, 0.4) is 0 Å². The van der Waals surface area contributed by atoms with E-state index in [9.17, 15) is 23.2 Å². The van der Waals surface area contributed by atoms with E-state index in [-0.39, 0.29) is 35.8 Å². The van der Waals surface area contributed by atoms with Crippen molar-refractivity contribution in [3.8, 4) is 11.8 Å². The van der Waals surface area contributed by atoms with Gasteiger partial charge in [0.2, 0.25) is 5.95 Å². The Balaban J connectivity index is 1.18. The average Bonchev–Trinajstić information content (AvgIpc) is 3.11. The number of rotatable bonds is 8. The quantitative estimate of drug-likeness (QED) is 0.234. The van der Waals surface area contributed by atoms with Gasteiger partial charge in [-0.3, -0.25) is 23.5 Å². The fourth-order valence-electron chi connectivity index (χ4n) is 5.63. The molecular weight excluding hydrogens is 646 g/mol. The van der Waals surface area contributed by atoms with Gasteiger partial charge in [0, 0.05) is 48.3 Å². The van der Waals surface area contributed by atoms with Crippen molar-refractivity contribution in [2.75, 3.05) is 43.1 Å². The van der Waals surface area contributed by atoms with Crippen molar-refractivity contribution in [3.63, 3.8) is 0 Å². The lowest BCUT2D eigenvalue weighted by Crippen LogP contribution is -2.36. The van der Waals surface area contributed by atoms with Gasteiger partial charge < -0.3 is 20.3 Å². The van der Waals surface area contributed by atoms with Crippen LogP contribution in [0.1, 0.15) is 46.9 Å². The molecule has 0 spiro atoms. The molecule has 1 fully saturated rings. The van der Waals surface area contributed by atoms with Crippen molar-refractivity contribution in [1.29, 1.82) is 0 Å². The highest BCUT2D eigenvalue weighted by Gasteiger charge is 2.18. The lowest BCUT2D eigenvalue weighted by molar-refractivity contribution is 0.0956. The number of ether oxygens (including phenoxy) is 1. The van der Waals surface area contributed by atoms with Crippen LogP contribution in [0.15, 0.2) is 70.8 Å². The molecule has 0 unspecified atom stereocenters. The van der Waals surface area contributed by atoms with E-state index >= 15 is 0 Å². The molecule has 12 nitrogen and oxygen atoms in total. The summed E-state index contributed by atoms with van der Waals surface area (Å²) in [5, 5.41) is 6.44. The zero-order valence-corrected chi connectivity index (χ0v) is 27.7. The lowest BCUT2D eigenvalue weighted by atomic mass is 10.1. The van der Waals surface area contributed by atoms with Crippen molar-refractivity contribution in [3.05, 3.63) is 116 Å². The molecular formula is C36H34F2N8O4. The molecule has 0 aliphatic carbocycles. The molecule has 1 aliphatic heterocycles. The van der Waals surface area contributed by atoms with Crippen LogP contribution in [0.5, 0.6) is 0 Å². The maximum Gasteiger partial charge on any atom is 0.268 e. The molecule has 3 aromatic heterocycles. The molecule has 0 saturated carbocycles. The predicted octanol–water partition coefficient (Wildman–Crippen LogP) is 3.93. The summed E-state index contributed by atoms with van der Waals surface area (Å²) in [6, 6.07) is 11.0. The van der Waals surface area contributed by atoms with Crippen LogP contribution in [-0.2, 0) is 11.3 Å². The Bertz CT molecular complexity index is 2250. The number of benzene rings is 2. The van der Waals surface area contributed by atoms with Crippen molar-refractivity contribution < 1.29 is 18.3 Å². The minimum atomic E-state index is -1.05. The lowest BCUT2D eigenvalue weighted by Gasteiger charge is -2.28. The highest BCUT2D eigenvalue weighted by Crippen LogP contribution is 2.24. The number of nitrogens with zero attached hydrogens (tertiary/aromatic N) is 6. The number of amides is 1. The van der Waals surface area contributed by atoms with Crippen LogP contribution in [0.2, 0.25) is 0 Å². The summed E-state index contributed by atoms with van der Waals surface area (Å²) < 4.78 is 35.0. The maximum absolute atomic E-state index is 13.7. The van der Waals surface area contributed by atoms with E-state index in [0.29, 0.717) is 41.3 Å². The van der Waals surface area contributed by atoms with Crippen LogP contribution in [-0.4, -0.2) is 62.8 Å². The first kappa shape index (κ1) is 33.9. The monoisotopic (exact) mass is 680 g/mol. The molecule has 2 aromatic carbocycles. The topological polar surface area (TPSA) is 136 Å². The minimum absolute atomic E-state index is 0.114. The van der Waals surface area contributed by atoms with Gasteiger partial charge >= 0.3 is 0 Å². The number of fused-ring (bicyclic) bond motifs is 1. The molecule has 6 rings (SSSR count). The van der Waals surface area contributed by atoms with Crippen molar-refractivity contribution >= 4 is 34.3 Å². The number of hydrogen-bond acceptors (Lipinski definition) is 9. The van der Waals surface area contributed by atoms with E-state index in [1.54, 1.807) is 17.7 Å². The van der Waals surface area contributed by atoms with Crippen molar-refractivity contribution in [2.24, 2.45) is 0 Å². The van der Waals surface area contributed by atoms with Gasteiger partial charge in [0.25, 0.3) is 17.0 Å². The van der Waals surface area contributed by atoms with Crippen LogP contribution in [0, 0.1) is 30.4 Å². The molecule has 0 atom stereocenters. The number of carbonyl (C=O) groups is 1.